The molecule has 1 aromatic carbocycles. The molecule has 6 heteroatoms. The van der Waals surface area contributed by atoms with Crippen molar-refractivity contribution >= 4 is 52.2 Å². The number of carbonyl (C=O) groups is 2. The summed E-state index contributed by atoms with van der Waals surface area (Å²) in [5, 5.41) is 3.92. The number of rotatable bonds is 1. The fraction of sp³-hybridized carbons (Fsp3) is 0. The van der Waals surface area contributed by atoms with Crippen molar-refractivity contribution in [2.75, 3.05) is 0 Å². The molecule has 1 saturated heterocycles. The molecule has 1 aliphatic rings. The van der Waals surface area contributed by atoms with Gasteiger partial charge < -0.3 is 0 Å². The average molecular weight is 293 g/mol. The molecule has 0 spiro atoms. The number of carbonyl (C=O) groups excluding carboxylic acids is 2. The maximum Gasteiger partial charge on any atom is 0.290 e. The second kappa shape index (κ2) is 5.42. The number of halogens is 1. The van der Waals surface area contributed by atoms with E-state index < -0.39 is 0 Å². The van der Waals surface area contributed by atoms with E-state index in [1.807, 2.05) is 24.3 Å². The van der Waals surface area contributed by atoms with Gasteiger partial charge in [0.25, 0.3) is 11.1 Å². The van der Waals surface area contributed by atoms with Gasteiger partial charge >= 0.3 is 0 Å². The quantitative estimate of drug-likeness (QED) is 0.821. The molecule has 2 amide bonds. The number of aromatic nitrogens is 1. The Morgan fingerprint density at radius 1 is 1.21 bits per heavy atom. The lowest BCUT2D eigenvalue weighted by Crippen LogP contribution is -2.17. The van der Waals surface area contributed by atoms with Gasteiger partial charge in [0.15, 0.2) is 0 Å². The first-order valence-corrected chi connectivity index (χ1v) is 6.13. The molecule has 0 bridgehead atoms. The molecule has 0 radical (unpaired) electrons. The molecule has 1 aromatic heterocycles. The molecule has 19 heavy (non-hydrogen) atoms. The van der Waals surface area contributed by atoms with E-state index in [1.54, 1.807) is 18.5 Å². The van der Waals surface area contributed by atoms with E-state index in [-0.39, 0.29) is 23.6 Å². The van der Waals surface area contributed by atoms with E-state index in [4.69, 9.17) is 0 Å². The van der Waals surface area contributed by atoms with Crippen LogP contribution < -0.4 is 5.32 Å². The highest BCUT2D eigenvalue weighted by molar-refractivity contribution is 8.18. The molecule has 2 heterocycles. The van der Waals surface area contributed by atoms with Crippen molar-refractivity contribution in [1.29, 1.82) is 0 Å². The minimum absolute atomic E-state index is 0. The topological polar surface area (TPSA) is 59.1 Å². The van der Waals surface area contributed by atoms with Crippen LogP contribution in [-0.2, 0) is 4.79 Å². The molecule has 4 nitrogen and oxygen atoms in total. The Bertz CT molecular complexity index is 695. The van der Waals surface area contributed by atoms with Gasteiger partial charge in [0.2, 0.25) is 0 Å². The largest absolute Gasteiger partial charge is 0.290 e. The van der Waals surface area contributed by atoms with E-state index in [0.717, 1.165) is 28.1 Å². The molecular weight excluding hydrogens is 284 g/mol. The third kappa shape index (κ3) is 2.62. The van der Waals surface area contributed by atoms with Crippen LogP contribution in [0.15, 0.2) is 41.6 Å². The van der Waals surface area contributed by atoms with Gasteiger partial charge in [0, 0.05) is 17.8 Å². The van der Waals surface area contributed by atoms with Crippen molar-refractivity contribution < 1.29 is 9.59 Å². The predicted octanol–water partition coefficient (Wildman–Crippen LogP) is 2.98. The summed E-state index contributed by atoms with van der Waals surface area (Å²) in [5.41, 5.74) is 0.905. The zero-order chi connectivity index (χ0) is 12.5. The van der Waals surface area contributed by atoms with Crippen LogP contribution in [0.25, 0.3) is 16.8 Å². The maximum absolute atomic E-state index is 11.5. The van der Waals surface area contributed by atoms with Crippen LogP contribution in [0.2, 0.25) is 0 Å². The van der Waals surface area contributed by atoms with E-state index in [9.17, 15) is 9.59 Å². The van der Waals surface area contributed by atoms with Gasteiger partial charge in [0.1, 0.15) is 0 Å². The molecule has 1 aliphatic heterocycles. The van der Waals surface area contributed by atoms with Crippen molar-refractivity contribution in [2.45, 2.75) is 0 Å². The number of amides is 2. The van der Waals surface area contributed by atoms with Crippen molar-refractivity contribution in [3.63, 3.8) is 0 Å². The first-order chi connectivity index (χ1) is 8.74. The van der Waals surface area contributed by atoms with Crippen molar-refractivity contribution in [3.05, 3.63) is 47.1 Å². The second-order valence-corrected chi connectivity index (χ2v) is 4.81. The summed E-state index contributed by atoms with van der Waals surface area (Å²) in [6.45, 7) is 0. The highest BCUT2D eigenvalue weighted by Gasteiger charge is 2.25. The molecular formula is C13H9ClN2O2S. The van der Waals surface area contributed by atoms with Gasteiger partial charge in [-0.1, -0.05) is 18.2 Å². The molecule has 1 N–H and O–H groups in total. The van der Waals surface area contributed by atoms with E-state index in [0.29, 0.717) is 4.91 Å². The number of pyridine rings is 1. The van der Waals surface area contributed by atoms with Gasteiger partial charge in [-0.05, 0) is 34.9 Å². The second-order valence-electron chi connectivity index (χ2n) is 3.80. The fourth-order valence-corrected chi connectivity index (χ4v) is 2.51. The number of benzene rings is 1. The van der Waals surface area contributed by atoms with Gasteiger partial charge in [-0.15, -0.1) is 12.4 Å². The van der Waals surface area contributed by atoms with E-state index in [1.165, 1.54) is 0 Å². The number of thioether (sulfide) groups is 1. The number of hydrogen-bond donors (Lipinski definition) is 1. The summed E-state index contributed by atoms with van der Waals surface area (Å²) in [6.07, 6.45) is 5.20. The number of fused-ring (bicyclic) bond motifs is 1. The molecule has 96 valence electrons. The lowest BCUT2D eigenvalue weighted by molar-refractivity contribution is -0.115. The van der Waals surface area contributed by atoms with Crippen LogP contribution in [-0.4, -0.2) is 16.1 Å². The summed E-state index contributed by atoms with van der Waals surface area (Å²) in [6, 6.07) is 7.65. The average Bonchev–Trinajstić information content (AvgIpc) is 2.68. The van der Waals surface area contributed by atoms with E-state index >= 15 is 0 Å². The van der Waals surface area contributed by atoms with Crippen molar-refractivity contribution in [1.82, 2.24) is 10.3 Å². The number of nitrogens with one attached hydrogen (secondary N) is 1. The monoisotopic (exact) mass is 292 g/mol. The van der Waals surface area contributed by atoms with Crippen molar-refractivity contribution in [3.8, 4) is 0 Å². The molecule has 3 rings (SSSR count). The van der Waals surface area contributed by atoms with E-state index in [2.05, 4.69) is 10.3 Å². The summed E-state index contributed by atoms with van der Waals surface area (Å²) in [4.78, 5) is 27.1. The van der Waals surface area contributed by atoms with Crippen LogP contribution in [0.1, 0.15) is 5.56 Å². The minimum Gasteiger partial charge on any atom is -0.282 e. The summed E-state index contributed by atoms with van der Waals surface area (Å²) in [7, 11) is 0. The smallest absolute Gasteiger partial charge is 0.282 e. The van der Waals surface area contributed by atoms with Gasteiger partial charge in [-0.2, -0.15) is 0 Å². The highest BCUT2D eigenvalue weighted by atomic mass is 35.5. The Labute approximate surface area is 119 Å². The normalized spacial score (nSPS) is 16.5. The highest BCUT2D eigenvalue weighted by Crippen LogP contribution is 2.28. The van der Waals surface area contributed by atoms with Crippen LogP contribution in [0.3, 0.4) is 0 Å². The Balaban J connectivity index is 0.00000133. The number of nitrogens with zero attached hydrogens (tertiary/aromatic N) is 1. The standard InChI is InChI=1S/C13H8N2O2S.ClH/c16-12-11(18-13(17)15-12)6-8-2-1-3-9-7-14-5-4-10(8)9;/h1-7H,(H,15,16,17);1H/b11-6+;. The number of imide groups is 1. The summed E-state index contributed by atoms with van der Waals surface area (Å²) in [5.74, 6) is -0.337. The molecule has 0 aliphatic carbocycles. The predicted molar refractivity (Wildman–Crippen MR) is 78.1 cm³/mol. The number of hydrogen-bond acceptors (Lipinski definition) is 4. The lowest BCUT2D eigenvalue weighted by atomic mass is 10.1. The molecule has 0 saturated carbocycles. The molecule has 0 unspecified atom stereocenters. The Kier molecular flexibility index (Phi) is 3.87. The third-order valence-electron chi connectivity index (χ3n) is 2.64. The van der Waals surface area contributed by atoms with Crippen molar-refractivity contribution in [2.24, 2.45) is 0 Å². The Morgan fingerprint density at radius 3 is 2.79 bits per heavy atom. The Hall–Kier alpha value is -1.85. The first kappa shape index (κ1) is 13.6. The third-order valence-corrected chi connectivity index (χ3v) is 3.45. The van der Waals surface area contributed by atoms with Crippen LogP contribution in [0, 0.1) is 0 Å². The Morgan fingerprint density at radius 2 is 2.05 bits per heavy atom. The summed E-state index contributed by atoms with van der Waals surface area (Å²) >= 11 is 0.923. The lowest BCUT2D eigenvalue weighted by Gasteiger charge is -2.01. The van der Waals surface area contributed by atoms with Crippen LogP contribution in [0.5, 0.6) is 0 Å². The zero-order valence-corrected chi connectivity index (χ0v) is 11.3. The van der Waals surface area contributed by atoms with Gasteiger partial charge in [-0.25, -0.2) is 0 Å². The first-order valence-electron chi connectivity index (χ1n) is 5.31. The van der Waals surface area contributed by atoms with Crippen LogP contribution in [0.4, 0.5) is 4.79 Å². The van der Waals surface area contributed by atoms with Crippen LogP contribution >= 0.6 is 24.2 Å². The molecule has 2 aromatic rings. The summed E-state index contributed by atoms with van der Waals surface area (Å²) < 4.78 is 0. The van der Waals surface area contributed by atoms with Gasteiger partial charge in [-0.3, -0.25) is 19.9 Å². The van der Waals surface area contributed by atoms with Gasteiger partial charge in [0.05, 0.1) is 4.91 Å². The zero-order valence-electron chi connectivity index (χ0n) is 9.62. The minimum atomic E-state index is -0.337. The fourth-order valence-electron chi connectivity index (χ4n) is 1.84. The molecule has 0 atom stereocenters. The maximum atomic E-state index is 11.5. The SMILES string of the molecule is Cl.O=C1NC(=O)/C(=C\c2cccc3cnccc23)S1. The molecule has 1 fully saturated rings.